The summed E-state index contributed by atoms with van der Waals surface area (Å²) < 4.78 is 30.1. The molecule has 0 amide bonds. The number of rotatable bonds is 10. The van der Waals surface area contributed by atoms with Crippen molar-refractivity contribution in [2.45, 2.75) is 13.5 Å². The third-order valence-electron chi connectivity index (χ3n) is 3.14. The number of ether oxygens (including phenoxy) is 1. The Bertz CT molecular complexity index is 597. The third-order valence-corrected chi connectivity index (χ3v) is 3.87. The summed E-state index contributed by atoms with van der Waals surface area (Å²) in [7, 11) is -1.48. The van der Waals surface area contributed by atoms with E-state index in [4.69, 9.17) is 4.74 Å². The largest absolute Gasteiger partial charge is 0.376 e. The lowest BCUT2D eigenvalue weighted by molar-refractivity contribution is 0.0931. The second kappa shape index (κ2) is 13.3. The molecule has 0 radical (unpaired) electrons. The first-order chi connectivity index (χ1) is 11.4. The maximum Gasteiger partial charge on any atom is 0.208 e. The normalized spacial score (nSPS) is 13.0. The summed E-state index contributed by atoms with van der Waals surface area (Å²) in [6.45, 7) is 4.84. The molecule has 25 heavy (non-hydrogen) atoms. The van der Waals surface area contributed by atoms with Gasteiger partial charge in [-0.05, 0) is 11.5 Å². The molecule has 3 N–H and O–H groups in total. The standard InChI is InChI=1S/C16H28N4O3S.HI/c1-14(12-23-13-15-7-5-4-6-8-15)11-19-16(17-2)18-9-10-20-24(3,21)22;/h4-8,14,20H,9-13H2,1-3H3,(H2,17,18,19);1H. The molecule has 0 aromatic heterocycles. The number of nitrogens with one attached hydrogen (secondary N) is 3. The maximum absolute atomic E-state index is 11.0. The van der Waals surface area contributed by atoms with E-state index in [9.17, 15) is 8.42 Å². The molecule has 0 saturated heterocycles. The van der Waals surface area contributed by atoms with E-state index in [2.05, 4.69) is 27.3 Å². The van der Waals surface area contributed by atoms with Crippen LogP contribution in [-0.2, 0) is 21.4 Å². The molecule has 7 nitrogen and oxygen atoms in total. The molecule has 1 rings (SSSR count). The molecule has 0 aliphatic heterocycles. The minimum atomic E-state index is -3.15. The SMILES string of the molecule is CN=C(NCCNS(C)(=O)=O)NCC(C)COCc1ccccc1.I. The van der Waals surface area contributed by atoms with Crippen molar-refractivity contribution < 1.29 is 13.2 Å². The molecule has 1 atom stereocenters. The van der Waals surface area contributed by atoms with E-state index in [1.807, 2.05) is 30.3 Å². The van der Waals surface area contributed by atoms with Crippen LogP contribution in [0.2, 0.25) is 0 Å². The fourth-order valence-electron chi connectivity index (χ4n) is 1.92. The Kier molecular flexibility index (Phi) is 12.8. The lowest BCUT2D eigenvalue weighted by atomic mass is 10.2. The van der Waals surface area contributed by atoms with Crippen molar-refractivity contribution >= 4 is 40.0 Å². The molecule has 0 heterocycles. The van der Waals surface area contributed by atoms with Gasteiger partial charge in [-0.25, -0.2) is 13.1 Å². The van der Waals surface area contributed by atoms with Crippen molar-refractivity contribution in [3.63, 3.8) is 0 Å². The quantitative estimate of drug-likeness (QED) is 0.201. The Hall–Kier alpha value is -0.910. The van der Waals surface area contributed by atoms with Gasteiger partial charge in [-0.3, -0.25) is 4.99 Å². The number of aliphatic imine (C=N–C) groups is 1. The number of benzene rings is 1. The molecule has 0 aliphatic carbocycles. The highest BCUT2D eigenvalue weighted by atomic mass is 127. The zero-order valence-corrected chi connectivity index (χ0v) is 18.1. The van der Waals surface area contributed by atoms with Crippen LogP contribution in [0.15, 0.2) is 35.3 Å². The van der Waals surface area contributed by atoms with E-state index >= 15 is 0 Å². The zero-order chi connectivity index (χ0) is 17.8. The van der Waals surface area contributed by atoms with Gasteiger partial charge in [-0.1, -0.05) is 37.3 Å². The first-order valence-electron chi connectivity index (χ1n) is 7.91. The van der Waals surface area contributed by atoms with Crippen molar-refractivity contribution in [1.29, 1.82) is 0 Å². The smallest absolute Gasteiger partial charge is 0.208 e. The van der Waals surface area contributed by atoms with Crippen molar-refractivity contribution in [2.75, 3.05) is 39.5 Å². The van der Waals surface area contributed by atoms with Crippen LogP contribution >= 0.6 is 24.0 Å². The molecule has 9 heteroatoms. The second-order valence-electron chi connectivity index (χ2n) is 5.65. The fourth-order valence-corrected chi connectivity index (χ4v) is 2.39. The monoisotopic (exact) mass is 484 g/mol. The molecular formula is C16H29IN4O3S. The Morgan fingerprint density at radius 2 is 1.88 bits per heavy atom. The van der Waals surface area contributed by atoms with E-state index in [0.29, 0.717) is 44.7 Å². The van der Waals surface area contributed by atoms with Gasteiger partial charge in [-0.2, -0.15) is 0 Å². The van der Waals surface area contributed by atoms with Gasteiger partial charge in [0.25, 0.3) is 0 Å². The number of nitrogens with zero attached hydrogens (tertiary/aromatic N) is 1. The Morgan fingerprint density at radius 3 is 2.48 bits per heavy atom. The average Bonchev–Trinajstić information content (AvgIpc) is 2.54. The number of sulfonamides is 1. The summed E-state index contributed by atoms with van der Waals surface area (Å²) in [5.41, 5.74) is 1.16. The third kappa shape index (κ3) is 13.0. The summed E-state index contributed by atoms with van der Waals surface area (Å²) in [6.07, 6.45) is 1.14. The minimum absolute atomic E-state index is 0. The Morgan fingerprint density at radius 1 is 1.20 bits per heavy atom. The van der Waals surface area contributed by atoms with Crippen LogP contribution in [0.3, 0.4) is 0 Å². The maximum atomic E-state index is 11.0. The van der Waals surface area contributed by atoms with Gasteiger partial charge in [0.05, 0.1) is 19.5 Å². The van der Waals surface area contributed by atoms with Gasteiger partial charge < -0.3 is 15.4 Å². The van der Waals surface area contributed by atoms with E-state index < -0.39 is 10.0 Å². The molecule has 1 aromatic carbocycles. The van der Waals surface area contributed by atoms with Crippen LogP contribution in [0.4, 0.5) is 0 Å². The zero-order valence-electron chi connectivity index (χ0n) is 15.0. The summed E-state index contributed by atoms with van der Waals surface area (Å²) in [4.78, 5) is 4.10. The fraction of sp³-hybridized carbons (Fsp3) is 0.562. The van der Waals surface area contributed by atoms with E-state index in [1.54, 1.807) is 7.05 Å². The van der Waals surface area contributed by atoms with Gasteiger partial charge in [0.15, 0.2) is 5.96 Å². The van der Waals surface area contributed by atoms with Crippen LogP contribution in [-0.4, -0.2) is 53.9 Å². The van der Waals surface area contributed by atoms with Gasteiger partial charge >= 0.3 is 0 Å². The molecule has 0 bridgehead atoms. The summed E-state index contributed by atoms with van der Waals surface area (Å²) in [6, 6.07) is 10.1. The molecule has 1 aromatic rings. The van der Waals surface area contributed by atoms with Crippen LogP contribution < -0.4 is 15.4 Å². The van der Waals surface area contributed by atoms with Crippen LogP contribution in [0, 0.1) is 5.92 Å². The molecule has 1 unspecified atom stereocenters. The number of hydrogen-bond donors (Lipinski definition) is 3. The average molecular weight is 484 g/mol. The molecule has 0 spiro atoms. The predicted octanol–water partition coefficient (Wildman–Crippen LogP) is 1.17. The number of hydrogen-bond acceptors (Lipinski definition) is 4. The molecule has 0 fully saturated rings. The van der Waals surface area contributed by atoms with Gasteiger partial charge in [0.1, 0.15) is 0 Å². The van der Waals surface area contributed by atoms with E-state index in [0.717, 1.165) is 11.8 Å². The summed E-state index contributed by atoms with van der Waals surface area (Å²) in [5.74, 6) is 0.960. The predicted molar refractivity (Wildman–Crippen MR) is 113 cm³/mol. The lowest BCUT2D eigenvalue weighted by Crippen LogP contribution is -2.43. The minimum Gasteiger partial charge on any atom is -0.376 e. The molecule has 0 aliphatic rings. The summed E-state index contributed by atoms with van der Waals surface area (Å²) in [5, 5.41) is 6.25. The van der Waals surface area contributed by atoms with Crippen molar-refractivity contribution in [3.8, 4) is 0 Å². The van der Waals surface area contributed by atoms with Crippen molar-refractivity contribution in [1.82, 2.24) is 15.4 Å². The first-order valence-corrected chi connectivity index (χ1v) is 9.80. The van der Waals surface area contributed by atoms with Crippen LogP contribution in [0.5, 0.6) is 0 Å². The molecular weight excluding hydrogens is 455 g/mol. The van der Waals surface area contributed by atoms with Gasteiger partial charge in [0, 0.05) is 26.7 Å². The number of halogens is 1. The van der Waals surface area contributed by atoms with Crippen molar-refractivity contribution in [2.24, 2.45) is 10.9 Å². The first kappa shape index (κ1) is 24.1. The topological polar surface area (TPSA) is 91.8 Å². The van der Waals surface area contributed by atoms with Gasteiger partial charge in [0.2, 0.25) is 10.0 Å². The Labute approximate surface area is 168 Å². The van der Waals surface area contributed by atoms with Crippen LogP contribution in [0.25, 0.3) is 0 Å². The Balaban J connectivity index is 0.00000576. The van der Waals surface area contributed by atoms with Crippen molar-refractivity contribution in [3.05, 3.63) is 35.9 Å². The highest BCUT2D eigenvalue weighted by molar-refractivity contribution is 14.0. The lowest BCUT2D eigenvalue weighted by Gasteiger charge is -2.16. The number of guanidine groups is 1. The molecule has 0 saturated carbocycles. The molecule has 144 valence electrons. The second-order valence-corrected chi connectivity index (χ2v) is 7.49. The summed E-state index contributed by atoms with van der Waals surface area (Å²) >= 11 is 0. The van der Waals surface area contributed by atoms with Crippen LogP contribution in [0.1, 0.15) is 12.5 Å². The highest BCUT2D eigenvalue weighted by Crippen LogP contribution is 2.02. The van der Waals surface area contributed by atoms with E-state index in [-0.39, 0.29) is 24.0 Å². The van der Waals surface area contributed by atoms with Gasteiger partial charge in [-0.15, -0.1) is 24.0 Å². The van der Waals surface area contributed by atoms with E-state index in [1.165, 1.54) is 0 Å². The highest BCUT2D eigenvalue weighted by Gasteiger charge is 2.05.